The van der Waals surface area contributed by atoms with E-state index >= 15 is 0 Å². The van der Waals surface area contributed by atoms with Crippen LogP contribution in [0.25, 0.3) is 5.69 Å². The minimum atomic E-state index is 0.0942. The van der Waals surface area contributed by atoms with Crippen molar-refractivity contribution >= 4 is 0 Å². The molecule has 0 saturated heterocycles. The second-order valence-corrected chi connectivity index (χ2v) is 5.74. The molecule has 0 aliphatic rings. The van der Waals surface area contributed by atoms with Gasteiger partial charge in [0.25, 0.3) is 5.56 Å². The summed E-state index contributed by atoms with van der Waals surface area (Å²) in [4.78, 5) is 12.6. The third-order valence-electron chi connectivity index (χ3n) is 3.62. The first-order chi connectivity index (χ1) is 9.54. The van der Waals surface area contributed by atoms with Crippen molar-refractivity contribution in [1.82, 2.24) is 9.78 Å². The molecular formula is C17H24N2O. The Morgan fingerprint density at radius 1 is 1.30 bits per heavy atom. The van der Waals surface area contributed by atoms with Gasteiger partial charge >= 0.3 is 0 Å². The van der Waals surface area contributed by atoms with E-state index in [-0.39, 0.29) is 11.5 Å². The molecule has 0 aliphatic heterocycles. The zero-order valence-corrected chi connectivity index (χ0v) is 12.9. The first kappa shape index (κ1) is 14.6. The molecule has 1 heterocycles. The molecule has 2 aromatic rings. The zero-order valence-electron chi connectivity index (χ0n) is 12.9. The molecule has 108 valence electrons. The highest BCUT2D eigenvalue weighted by molar-refractivity contribution is 5.36. The molecule has 0 unspecified atom stereocenters. The largest absolute Gasteiger partial charge is 0.295 e. The molecule has 0 bridgehead atoms. The number of H-pyrrole nitrogens is 1. The molecule has 2 rings (SSSR count). The Bertz CT molecular complexity index is 635. The van der Waals surface area contributed by atoms with Crippen molar-refractivity contribution in [3.8, 4) is 5.69 Å². The van der Waals surface area contributed by atoms with Gasteiger partial charge in [-0.15, -0.1) is 0 Å². The summed E-state index contributed by atoms with van der Waals surface area (Å²) in [5, 5.41) is 3.31. The molecule has 20 heavy (non-hydrogen) atoms. The van der Waals surface area contributed by atoms with Crippen LogP contribution in [0.1, 0.15) is 56.4 Å². The van der Waals surface area contributed by atoms with Gasteiger partial charge in [-0.05, 0) is 43.4 Å². The Balaban J connectivity index is 2.52. The molecule has 0 fully saturated rings. The number of aromatic amines is 1. The van der Waals surface area contributed by atoms with Crippen LogP contribution >= 0.6 is 0 Å². The summed E-state index contributed by atoms with van der Waals surface area (Å²) in [6, 6.07) is 8.03. The maximum atomic E-state index is 12.6. The van der Waals surface area contributed by atoms with Crippen molar-refractivity contribution in [3.05, 3.63) is 51.4 Å². The van der Waals surface area contributed by atoms with E-state index in [9.17, 15) is 4.79 Å². The topological polar surface area (TPSA) is 37.8 Å². The summed E-state index contributed by atoms with van der Waals surface area (Å²) in [5.41, 5.74) is 4.19. The van der Waals surface area contributed by atoms with Crippen LogP contribution in [0.2, 0.25) is 0 Å². The van der Waals surface area contributed by atoms with E-state index in [4.69, 9.17) is 0 Å². The van der Waals surface area contributed by atoms with Crippen LogP contribution in [0.5, 0.6) is 0 Å². The highest BCUT2D eigenvalue weighted by Crippen LogP contribution is 2.18. The maximum Gasteiger partial charge on any atom is 0.274 e. The molecule has 0 amide bonds. The maximum absolute atomic E-state index is 12.6. The van der Waals surface area contributed by atoms with Crippen molar-refractivity contribution in [2.75, 3.05) is 0 Å². The van der Waals surface area contributed by atoms with E-state index < -0.39 is 0 Å². The van der Waals surface area contributed by atoms with Crippen LogP contribution in [0.4, 0.5) is 0 Å². The molecule has 0 saturated carbocycles. The SMILES string of the molecule is CCCCc1[nH]n(-c2cccc(C)c2)c(=O)c1C(C)C. The summed E-state index contributed by atoms with van der Waals surface area (Å²) in [6.45, 7) is 8.38. The fraction of sp³-hybridized carbons (Fsp3) is 0.471. The lowest BCUT2D eigenvalue weighted by Gasteiger charge is -2.03. The van der Waals surface area contributed by atoms with E-state index in [2.05, 4.69) is 25.9 Å². The van der Waals surface area contributed by atoms with Crippen LogP contribution in [-0.2, 0) is 6.42 Å². The van der Waals surface area contributed by atoms with Crippen molar-refractivity contribution < 1.29 is 0 Å². The predicted molar refractivity (Wildman–Crippen MR) is 83.8 cm³/mol. The van der Waals surface area contributed by atoms with Gasteiger partial charge in [-0.25, -0.2) is 4.68 Å². The molecule has 0 aliphatic carbocycles. The highest BCUT2D eigenvalue weighted by Gasteiger charge is 2.17. The lowest BCUT2D eigenvalue weighted by molar-refractivity contribution is 0.738. The van der Waals surface area contributed by atoms with E-state index in [0.717, 1.165) is 41.8 Å². The van der Waals surface area contributed by atoms with Crippen LogP contribution < -0.4 is 5.56 Å². The summed E-state index contributed by atoms with van der Waals surface area (Å²) in [7, 11) is 0. The second kappa shape index (κ2) is 6.12. The van der Waals surface area contributed by atoms with Gasteiger partial charge in [0.15, 0.2) is 0 Å². The van der Waals surface area contributed by atoms with Crippen LogP contribution in [0, 0.1) is 6.92 Å². The fourth-order valence-corrected chi connectivity index (χ4v) is 2.58. The first-order valence-electron chi connectivity index (χ1n) is 7.45. The van der Waals surface area contributed by atoms with Gasteiger partial charge in [0.2, 0.25) is 0 Å². The number of nitrogens with one attached hydrogen (secondary N) is 1. The average Bonchev–Trinajstić information content (AvgIpc) is 2.73. The third-order valence-corrected chi connectivity index (χ3v) is 3.62. The van der Waals surface area contributed by atoms with E-state index in [1.54, 1.807) is 4.68 Å². The van der Waals surface area contributed by atoms with Gasteiger partial charge in [0.1, 0.15) is 0 Å². The van der Waals surface area contributed by atoms with Crippen LogP contribution in [0.3, 0.4) is 0 Å². The van der Waals surface area contributed by atoms with E-state index in [1.165, 1.54) is 0 Å². The van der Waals surface area contributed by atoms with Crippen LogP contribution in [-0.4, -0.2) is 9.78 Å². The molecule has 1 N–H and O–H groups in total. The highest BCUT2D eigenvalue weighted by atomic mass is 16.1. The Hall–Kier alpha value is -1.77. The lowest BCUT2D eigenvalue weighted by Crippen LogP contribution is -2.18. The van der Waals surface area contributed by atoms with Gasteiger partial charge in [-0.2, -0.15) is 0 Å². The quantitative estimate of drug-likeness (QED) is 0.879. The monoisotopic (exact) mass is 272 g/mol. The van der Waals surface area contributed by atoms with Crippen LogP contribution in [0.15, 0.2) is 29.1 Å². The Morgan fingerprint density at radius 2 is 2.05 bits per heavy atom. The summed E-state index contributed by atoms with van der Waals surface area (Å²) in [6.07, 6.45) is 3.18. The number of hydrogen-bond acceptors (Lipinski definition) is 1. The van der Waals surface area contributed by atoms with Gasteiger partial charge < -0.3 is 0 Å². The average molecular weight is 272 g/mol. The number of rotatable bonds is 5. The lowest BCUT2D eigenvalue weighted by atomic mass is 10.0. The standard InChI is InChI=1S/C17H24N2O/c1-5-6-10-15-16(12(2)3)17(20)19(18-15)14-9-7-8-13(4)11-14/h7-9,11-12,18H,5-6,10H2,1-4H3. The molecule has 3 nitrogen and oxygen atoms in total. The smallest absolute Gasteiger partial charge is 0.274 e. The molecule has 3 heteroatoms. The summed E-state index contributed by atoms with van der Waals surface area (Å²) < 4.78 is 1.69. The van der Waals surface area contributed by atoms with Gasteiger partial charge in [-0.3, -0.25) is 9.89 Å². The number of aryl methyl sites for hydroxylation is 2. The number of benzene rings is 1. The van der Waals surface area contributed by atoms with Crippen molar-refractivity contribution in [2.24, 2.45) is 0 Å². The van der Waals surface area contributed by atoms with Crippen molar-refractivity contribution in [1.29, 1.82) is 0 Å². The molecule has 1 aromatic carbocycles. The van der Waals surface area contributed by atoms with Gasteiger partial charge in [-0.1, -0.05) is 39.3 Å². The normalized spacial score (nSPS) is 11.2. The summed E-state index contributed by atoms with van der Waals surface area (Å²) in [5.74, 6) is 0.247. The van der Waals surface area contributed by atoms with Gasteiger partial charge in [0.05, 0.1) is 5.69 Å². The Morgan fingerprint density at radius 3 is 2.65 bits per heavy atom. The minimum Gasteiger partial charge on any atom is -0.295 e. The number of unbranched alkanes of at least 4 members (excludes halogenated alkanes) is 1. The zero-order chi connectivity index (χ0) is 14.7. The predicted octanol–water partition coefficient (Wildman–Crippen LogP) is 3.94. The Labute approximate surface area is 120 Å². The minimum absolute atomic E-state index is 0.0942. The van der Waals surface area contributed by atoms with E-state index in [0.29, 0.717) is 0 Å². The van der Waals surface area contributed by atoms with E-state index in [1.807, 2.05) is 31.2 Å². The molecule has 0 atom stereocenters. The number of hydrogen-bond donors (Lipinski definition) is 1. The molecular weight excluding hydrogens is 248 g/mol. The molecule has 0 spiro atoms. The van der Waals surface area contributed by atoms with Gasteiger partial charge in [0, 0.05) is 11.3 Å². The molecule has 0 radical (unpaired) electrons. The first-order valence-corrected chi connectivity index (χ1v) is 7.45. The Kier molecular flexibility index (Phi) is 4.48. The number of nitrogens with zero attached hydrogens (tertiary/aromatic N) is 1. The molecule has 1 aromatic heterocycles. The van der Waals surface area contributed by atoms with Crippen molar-refractivity contribution in [2.45, 2.75) is 52.9 Å². The number of aromatic nitrogens is 2. The summed E-state index contributed by atoms with van der Waals surface area (Å²) >= 11 is 0. The fourth-order valence-electron chi connectivity index (χ4n) is 2.58. The second-order valence-electron chi connectivity index (χ2n) is 5.74. The third kappa shape index (κ3) is 2.87. The van der Waals surface area contributed by atoms with Crippen molar-refractivity contribution in [3.63, 3.8) is 0 Å².